The molecule has 0 unspecified atom stereocenters. The topological polar surface area (TPSA) is 66.5 Å². The Kier molecular flexibility index (Phi) is 3.25. The van der Waals surface area contributed by atoms with E-state index in [9.17, 15) is 14.4 Å². The standard InChI is InChI=1S/C18H20N2O3/c1-10-4-2-3-5-13(10)19-14(21)9-20-17(22)15-11-6-7-12(8-11)16(15)18(20)23/h2-5,11-12,15-16H,6-9H2,1H3,(H,19,21)/t11-,12+,15+,16-. The number of aryl methyl sites for hydroxylation is 1. The normalized spacial score (nSPS) is 31.6. The summed E-state index contributed by atoms with van der Waals surface area (Å²) < 4.78 is 0. The van der Waals surface area contributed by atoms with Gasteiger partial charge in [0.2, 0.25) is 17.7 Å². The Morgan fingerprint density at radius 1 is 1.13 bits per heavy atom. The predicted octanol–water partition coefficient (Wildman–Crippen LogP) is 1.96. The van der Waals surface area contributed by atoms with Crippen LogP contribution in [0.25, 0.3) is 0 Å². The fourth-order valence-electron chi connectivity index (χ4n) is 4.67. The van der Waals surface area contributed by atoms with E-state index in [-0.39, 0.29) is 36.1 Å². The number of fused-ring (bicyclic) bond motifs is 5. The third-order valence-corrected chi connectivity index (χ3v) is 5.74. The average molecular weight is 312 g/mol. The summed E-state index contributed by atoms with van der Waals surface area (Å²) in [6.07, 6.45) is 3.11. The molecule has 1 aliphatic heterocycles. The predicted molar refractivity (Wildman–Crippen MR) is 84.3 cm³/mol. The van der Waals surface area contributed by atoms with Crippen LogP contribution in [0.4, 0.5) is 5.69 Å². The van der Waals surface area contributed by atoms with E-state index in [0.717, 1.165) is 30.5 Å². The lowest BCUT2D eigenvalue weighted by atomic mass is 9.81. The van der Waals surface area contributed by atoms with Crippen LogP contribution in [0.1, 0.15) is 24.8 Å². The summed E-state index contributed by atoms with van der Waals surface area (Å²) in [5.41, 5.74) is 1.67. The Morgan fingerprint density at radius 2 is 1.74 bits per heavy atom. The van der Waals surface area contributed by atoms with Gasteiger partial charge in [-0.2, -0.15) is 0 Å². The van der Waals surface area contributed by atoms with E-state index >= 15 is 0 Å². The van der Waals surface area contributed by atoms with E-state index in [1.165, 1.54) is 4.90 Å². The molecule has 1 N–H and O–H groups in total. The van der Waals surface area contributed by atoms with Gasteiger partial charge in [0.1, 0.15) is 6.54 Å². The number of anilines is 1. The van der Waals surface area contributed by atoms with Crippen molar-refractivity contribution in [2.45, 2.75) is 26.2 Å². The lowest BCUT2D eigenvalue weighted by Crippen LogP contribution is -2.39. The lowest BCUT2D eigenvalue weighted by Gasteiger charge is -2.19. The number of nitrogens with one attached hydrogen (secondary N) is 1. The van der Waals surface area contributed by atoms with Crippen molar-refractivity contribution in [2.75, 3.05) is 11.9 Å². The fraction of sp³-hybridized carbons (Fsp3) is 0.500. The van der Waals surface area contributed by atoms with Gasteiger partial charge in [-0.3, -0.25) is 19.3 Å². The van der Waals surface area contributed by atoms with Crippen LogP contribution in [0, 0.1) is 30.6 Å². The Balaban J connectivity index is 1.47. The van der Waals surface area contributed by atoms with Gasteiger partial charge in [0, 0.05) is 5.69 Å². The summed E-state index contributed by atoms with van der Waals surface area (Å²) in [4.78, 5) is 38.6. The van der Waals surface area contributed by atoms with Gasteiger partial charge in [0.15, 0.2) is 0 Å². The number of benzene rings is 1. The number of likely N-dealkylation sites (tertiary alicyclic amines) is 1. The first-order valence-electron chi connectivity index (χ1n) is 8.27. The maximum absolute atomic E-state index is 12.6. The molecule has 2 aliphatic carbocycles. The number of amides is 3. The molecule has 4 atom stereocenters. The zero-order chi connectivity index (χ0) is 16.1. The number of nitrogens with zero attached hydrogens (tertiary/aromatic N) is 1. The van der Waals surface area contributed by atoms with E-state index in [4.69, 9.17) is 0 Å². The molecule has 1 aromatic rings. The Hall–Kier alpha value is -2.17. The Morgan fingerprint density at radius 3 is 2.35 bits per heavy atom. The molecule has 3 amide bonds. The summed E-state index contributed by atoms with van der Waals surface area (Å²) in [7, 11) is 0. The smallest absolute Gasteiger partial charge is 0.244 e. The third kappa shape index (κ3) is 2.18. The van der Waals surface area contributed by atoms with Crippen LogP contribution >= 0.6 is 0 Å². The van der Waals surface area contributed by atoms with Gasteiger partial charge in [0.05, 0.1) is 11.8 Å². The zero-order valence-electron chi connectivity index (χ0n) is 13.1. The second-order valence-electron chi connectivity index (χ2n) is 7.01. The van der Waals surface area contributed by atoms with E-state index < -0.39 is 0 Å². The monoisotopic (exact) mass is 312 g/mol. The van der Waals surface area contributed by atoms with Crippen molar-refractivity contribution >= 4 is 23.4 Å². The summed E-state index contributed by atoms with van der Waals surface area (Å²) in [5.74, 6) is -0.190. The molecule has 5 heteroatoms. The minimum Gasteiger partial charge on any atom is -0.324 e. The molecule has 23 heavy (non-hydrogen) atoms. The molecule has 1 heterocycles. The quantitative estimate of drug-likeness (QED) is 0.868. The Labute approximate surface area is 135 Å². The lowest BCUT2D eigenvalue weighted by molar-refractivity contribution is -0.143. The van der Waals surface area contributed by atoms with Crippen molar-refractivity contribution < 1.29 is 14.4 Å². The van der Waals surface area contributed by atoms with Gasteiger partial charge in [-0.25, -0.2) is 0 Å². The minimum absolute atomic E-state index is 0.132. The van der Waals surface area contributed by atoms with Crippen LogP contribution in [0.15, 0.2) is 24.3 Å². The summed E-state index contributed by atoms with van der Waals surface area (Å²) in [5, 5.41) is 2.80. The average Bonchev–Trinajstić information content (AvgIpc) is 3.19. The summed E-state index contributed by atoms with van der Waals surface area (Å²) in [6, 6.07) is 7.46. The number of imide groups is 1. The van der Waals surface area contributed by atoms with Crippen LogP contribution in [0.2, 0.25) is 0 Å². The molecule has 0 spiro atoms. The highest BCUT2D eigenvalue weighted by Gasteiger charge is 2.60. The maximum atomic E-state index is 12.6. The van der Waals surface area contributed by atoms with Crippen molar-refractivity contribution in [2.24, 2.45) is 23.7 Å². The van der Waals surface area contributed by atoms with Crippen LogP contribution in [-0.4, -0.2) is 29.2 Å². The van der Waals surface area contributed by atoms with E-state index in [2.05, 4.69) is 5.32 Å². The molecule has 0 radical (unpaired) electrons. The van der Waals surface area contributed by atoms with Crippen LogP contribution in [-0.2, 0) is 14.4 Å². The Bertz CT molecular complexity index is 671. The first-order valence-corrected chi connectivity index (χ1v) is 8.27. The first-order chi connectivity index (χ1) is 11.1. The first kappa shape index (κ1) is 14.4. The number of hydrogen-bond donors (Lipinski definition) is 1. The molecule has 3 aliphatic rings. The molecule has 3 fully saturated rings. The van der Waals surface area contributed by atoms with Crippen molar-refractivity contribution in [3.63, 3.8) is 0 Å². The van der Waals surface area contributed by atoms with Gasteiger partial charge < -0.3 is 5.32 Å². The molecule has 1 aromatic carbocycles. The van der Waals surface area contributed by atoms with Gasteiger partial charge >= 0.3 is 0 Å². The van der Waals surface area contributed by atoms with Crippen molar-refractivity contribution in [3.05, 3.63) is 29.8 Å². The van der Waals surface area contributed by atoms with E-state index in [1.807, 2.05) is 31.2 Å². The molecular weight excluding hydrogens is 292 g/mol. The fourth-order valence-corrected chi connectivity index (χ4v) is 4.67. The van der Waals surface area contributed by atoms with E-state index in [0.29, 0.717) is 11.8 Å². The highest BCUT2D eigenvalue weighted by atomic mass is 16.2. The molecule has 4 rings (SSSR count). The van der Waals surface area contributed by atoms with Gasteiger partial charge in [0.25, 0.3) is 0 Å². The van der Waals surface area contributed by atoms with Crippen LogP contribution in [0.5, 0.6) is 0 Å². The molecule has 0 aromatic heterocycles. The highest BCUT2D eigenvalue weighted by Crippen LogP contribution is 2.56. The third-order valence-electron chi connectivity index (χ3n) is 5.74. The molecular formula is C18H20N2O3. The van der Waals surface area contributed by atoms with Crippen molar-refractivity contribution in [1.29, 1.82) is 0 Å². The van der Waals surface area contributed by atoms with Gasteiger partial charge in [-0.1, -0.05) is 18.2 Å². The second kappa shape index (κ2) is 5.18. The zero-order valence-corrected chi connectivity index (χ0v) is 13.1. The van der Waals surface area contributed by atoms with E-state index in [1.54, 1.807) is 0 Å². The summed E-state index contributed by atoms with van der Waals surface area (Å²) in [6.45, 7) is 1.74. The number of rotatable bonds is 3. The molecule has 5 nitrogen and oxygen atoms in total. The molecule has 1 saturated heterocycles. The van der Waals surface area contributed by atoms with Crippen LogP contribution < -0.4 is 5.32 Å². The highest BCUT2D eigenvalue weighted by molar-refractivity contribution is 6.09. The van der Waals surface area contributed by atoms with Crippen LogP contribution in [0.3, 0.4) is 0 Å². The van der Waals surface area contributed by atoms with Crippen molar-refractivity contribution in [3.8, 4) is 0 Å². The molecule has 2 bridgehead atoms. The minimum atomic E-state index is -0.312. The SMILES string of the molecule is Cc1ccccc1NC(=O)CN1C(=O)[C@@H]2[C@H]3CC[C@H](C3)[C@@H]2C1=O. The molecule has 120 valence electrons. The molecule has 2 saturated carbocycles. The number of carbonyl (C=O) groups is 3. The largest absolute Gasteiger partial charge is 0.324 e. The number of carbonyl (C=O) groups excluding carboxylic acids is 3. The number of hydrogen-bond acceptors (Lipinski definition) is 3. The second-order valence-corrected chi connectivity index (χ2v) is 7.01. The maximum Gasteiger partial charge on any atom is 0.244 e. The summed E-state index contributed by atoms with van der Waals surface area (Å²) >= 11 is 0. The van der Waals surface area contributed by atoms with Gasteiger partial charge in [-0.15, -0.1) is 0 Å². The number of para-hydroxylation sites is 1. The van der Waals surface area contributed by atoms with Crippen molar-refractivity contribution in [1.82, 2.24) is 4.90 Å². The van der Waals surface area contributed by atoms with Gasteiger partial charge in [-0.05, 0) is 49.7 Å².